The van der Waals surface area contributed by atoms with E-state index in [1.807, 2.05) is 6.07 Å². The van der Waals surface area contributed by atoms with Crippen LogP contribution in [0.1, 0.15) is 12.5 Å². The highest BCUT2D eigenvalue weighted by Gasteiger charge is 2.32. The molecule has 5 nitrogen and oxygen atoms in total. The number of nitrogens with zero attached hydrogens (tertiary/aromatic N) is 1. The van der Waals surface area contributed by atoms with Crippen molar-refractivity contribution >= 4 is 28.5 Å². The summed E-state index contributed by atoms with van der Waals surface area (Å²) in [4.78, 5) is 10.0. The Balaban J connectivity index is 3.05. The lowest BCUT2D eigenvalue weighted by Crippen LogP contribution is -2.27. The molecule has 0 fully saturated rings. The second kappa shape index (κ2) is 6.23. The lowest BCUT2D eigenvalue weighted by Gasteiger charge is -2.27. The minimum Gasteiger partial charge on any atom is -0.333 e. The first kappa shape index (κ1) is 15.8. The predicted octanol–water partition coefficient (Wildman–Crippen LogP) is 1.70. The Labute approximate surface area is 113 Å². The van der Waals surface area contributed by atoms with Gasteiger partial charge < -0.3 is 9.42 Å². The molecule has 1 rings (SSSR count). The van der Waals surface area contributed by atoms with Crippen molar-refractivity contribution in [1.82, 2.24) is 4.08 Å². The Bertz CT molecular complexity index is 532. The third-order valence-electron chi connectivity index (χ3n) is 2.12. The molecule has 1 atom stereocenters. The van der Waals surface area contributed by atoms with Crippen molar-refractivity contribution in [3.8, 4) is 0 Å². The summed E-state index contributed by atoms with van der Waals surface area (Å²) in [7, 11) is -3.64. The van der Waals surface area contributed by atoms with Crippen LogP contribution in [0, 0.1) is 0 Å². The molecule has 1 unspecified atom stereocenters. The molecule has 1 aromatic carbocycles. The topological polar surface area (TPSA) is 66.8 Å². The van der Waals surface area contributed by atoms with E-state index in [-0.39, 0.29) is 13.2 Å². The van der Waals surface area contributed by atoms with Gasteiger partial charge in [-0.15, -0.1) is 4.08 Å². The van der Waals surface area contributed by atoms with Gasteiger partial charge in [0.25, 0.3) is 6.64 Å². The molecule has 18 heavy (non-hydrogen) atoms. The van der Waals surface area contributed by atoms with Crippen LogP contribution < -0.4 is 0 Å². The Kier molecular flexibility index (Phi) is 5.46. The zero-order valence-electron chi connectivity index (χ0n) is 10.2. The van der Waals surface area contributed by atoms with Crippen LogP contribution in [0.25, 0.3) is 0 Å². The summed E-state index contributed by atoms with van der Waals surface area (Å²) in [6, 6.07) is 8.93. The van der Waals surface area contributed by atoms with Gasteiger partial charge in [0.15, 0.2) is 0 Å². The molecule has 0 amide bonds. The van der Waals surface area contributed by atoms with Crippen LogP contribution in [-0.2, 0) is 32.9 Å². The quantitative estimate of drug-likeness (QED) is 0.810. The molecule has 0 aliphatic carbocycles. The Morgan fingerprint density at radius 2 is 1.94 bits per heavy atom. The summed E-state index contributed by atoms with van der Waals surface area (Å²) in [6.45, 7) is -1.69. The van der Waals surface area contributed by atoms with Crippen molar-refractivity contribution < 1.29 is 17.8 Å². The average Bonchev–Trinajstić information content (AvgIpc) is 2.25. The van der Waals surface area contributed by atoms with Gasteiger partial charge in [0.05, 0.1) is 12.9 Å². The van der Waals surface area contributed by atoms with Gasteiger partial charge in [-0.2, -0.15) is 0 Å². The van der Waals surface area contributed by atoms with Gasteiger partial charge in [-0.1, -0.05) is 30.3 Å². The summed E-state index contributed by atoms with van der Waals surface area (Å²) in [6.07, 6.45) is 1.01. The summed E-state index contributed by atoms with van der Waals surface area (Å²) in [5.41, 5.74) is 0.742. The highest BCUT2D eigenvalue weighted by Crippen LogP contribution is 2.49. The Morgan fingerprint density at radius 1 is 1.39 bits per heavy atom. The molecule has 0 radical (unpaired) electrons. The average molecular weight is 309 g/mol. The van der Waals surface area contributed by atoms with Crippen molar-refractivity contribution in [2.24, 2.45) is 0 Å². The van der Waals surface area contributed by atoms with E-state index in [4.69, 9.17) is 16.3 Å². The third-order valence-corrected chi connectivity index (χ3v) is 7.09. The molecule has 0 heterocycles. The van der Waals surface area contributed by atoms with Crippen molar-refractivity contribution in [2.75, 3.05) is 12.9 Å². The van der Waals surface area contributed by atoms with Crippen LogP contribution in [0.3, 0.4) is 0 Å². The molecule has 0 spiro atoms. The van der Waals surface area contributed by atoms with Crippen molar-refractivity contribution in [1.29, 1.82) is 0 Å². The van der Waals surface area contributed by atoms with Crippen molar-refractivity contribution in [2.45, 2.75) is 13.5 Å². The fourth-order valence-electron chi connectivity index (χ4n) is 1.37. The molecule has 1 aromatic rings. The van der Waals surface area contributed by atoms with E-state index in [1.54, 1.807) is 31.2 Å². The first-order valence-electron chi connectivity index (χ1n) is 5.27. The third kappa shape index (κ3) is 4.42. The number of rotatable bonds is 6. The summed E-state index contributed by atoms with van der Waals surface area (Å²) in [5, 5.41) is 0. The molecule has 1 N–H and O–H groups in total. The molecule has 0 aromatic heterocycles. The van der Waals surface area contributed by atoms with Crippen molar-refractivity contribution in [3.63, 3.8) is 0 Å². The molecular formula is C10H16NO4PS2. The normalized spacial score (nSPS) is 15.6. The van der Waals surface area contributed by atoms with Crippen LogP contribution in [0.2, 0.25) is 0 Å². The first-order valence-corrected chi connectivity index (χ1v) is 9.74. The van der Waals surface area contributed by atoms with E-state index in [0.29, 0.717) is 0 Å². The van der Waals surface area contributed by atoms with E-state index in [2.05, 4.69) is 0 Å². The maximum atomic E-state index is 11.7. The maximum Gasteiger partial charge on any atom is 0.275 e. The lowest BCUT2D eigenvalue weighted by molar-refractivity contribution is 0.294. The second-order valence-electron chi connectivity index (χ2n) is 3.64. The van der Waals surface area contributed by atoms with Gasteiger partial charge in [-0.25, -0.2) is 8.42 Å². The number of hydrogen-bond donors (Lipinski definition) is 1. The maximum absolute atomic E-state index is 11.7. The van der Waals surface area contributed by atoms with E-state index < -0.39 is 16.7 Å². The summed E-state index contributed by atoms with van der Waals surface area (Å²) >= 11 is 4.90. The standard InChI is InChI=1S/C10H16NO4PS2/c1-3-15-16(12,17)11(18(2,13)14)9-10-7-5-4-6-8-10/h4-8H,3,9H2,1-2H3,(H,12,17). The molecular weight excluding hydrogens is 293 g/mol. The molecule has 0 aliphatic heterocycles. The number of hydrogen-bond acceptors (Lipinski definition) is 4. The first-order chi connectivity index (χ1) is 8.27. The monoisotopic (exact) mass is 309 g/mol. The van der Waals surface area contributed by atoms with E-state index >= 15 is 0 Å². The lowest BCUT2D eigenvalue weighted by atomic mass is 10.2. The van der Waals surface area contributed by atoms with Crippen molar-refractivity contribution in [3.05, 3.63) is 35.9 Å². The SMILES string of the molecule is CCOP(O)(=S)N(Cc1ccccc1)S(C)(=O)=O. The van der Waals surface area contributed by atoms with Gasteiger partial charge >= 0.3 is 0 Å². The van der Waals surface area contributed by atoms with E-state index in [1.165, 1.54) is 0 Å². The minimum absolute atomic E-state index is 0.00739. The van der Waals surface area contributed by atoms with Crippen LogP contribution >= 0.6 is 6.64 Å². The van der Waals surface area contributed by atoms with Gasteiger partial charge in [0, 0.05) is 6.54 Å². The molecule has 0 saturated heterocycles. The second-order valence-corrected chi connectivity index (χ2v) is 8.96. The van der Waals surface area contributed by atoms with Gasteiger partial charge in [-0.05, 0) is 24.3 Å². The van der Waals surface area contributed by atoms with Gasteiger partial charge in [0.1, 0.15) is 0 Å². The Morgan fingerprint density at radius 3 is 2.39 bits per heavy atom. The van der Waals surface area contributed by atoms with E-state index in [0.717, 1.165) is 15.9 Å². The number of benzene rings is 1. The molecule has 8 heteroatoms. The molecule has 102 valence electrons. The molecule has 0 saturated carbocycles. The molecule has 0 aliphatic rings. The smallest absolute Gasteiger partial charge is 0.275 e. The highest BCUT2D eigenvalue weighted by atomic mass is 32.5. The van der Waals surface area contributed by atoms with Crippen LogP contribution in [0.15, 0.2) is 30.3 Å². The van der Waals surface area contributed by atoms with Crippen LogP contribution in [-0.4, -0.2) is 30.2 Å². The van der Waals surface area contributed by atoms with Crippen LogP contribution in [0.5, 0.6) is 0 Å². The minimum atomic E-state index is -3.64. The largest absolute Gasteiger partial charge is 0.333 e. The highest BCUT2D eigenvalue weighted by molar-refractivity contribution is 8.13. The van der Waals surface area contributed by atoms with E-state index in [9.17, 15) is 13.3 Å². The zero-order valence-corrected chi connectivity index (χ0v) is 12.7. The Hall–Kier alpha value is -0.300. The summed E-state index contributed by atoms with van der Waals surface area (Å²) in [5.74, 6) is 0. The predicted molar refractivity (Wildman–Crippen MR) is 75.0 cm³/mol. The fraction of sp³-hybridized carbons (Fsp3) is 0.400. The fourth-order valence-corrected chi connectivity index (χ4v) is 5.78. The molecule has 0 bridgehead atoms. The zero-order chi connectivity index (χ0) is 13.8. The number of sulfonamides is 1. The van der Waals surface area contributed by atoms with Gasteiger partial charge in [-0.3, -0.25) is 0 Å². The summed E-state index contributed by atoms with van der Waals surface area (Å²) < 4.78 is 29.3. The van der Waals surface area contributed by atoms with Gasteiger partial charge in [0.2, 0.25) is 10.0 Å². The van der Waals surface area contributed by atoms with Crippen LogP contribution in [0.4, 0.5) is 0 Å².